The normalized spacial score (nSPS) is 13.8. The molecule has 5 rings (SSSR count). The van der Waals surface area contributed by atoms with E-state index >= 15 is 0 Å². The molecule has 1 fully saturated rings. The Bertz CT molecular complexity index is 1450. The van der Waals surface area contributed by atoms with Crippen LogP contribution in [0.25, 0.3) is 10.9 Å². The molecule has 0 atom stereocenters. The van der Waals surface area contributed by atoms with Gasteiger partial charge in [0, 0.05) is 49.3 Å². The number of likely N-dealkylation sites (tertiary alicyclic amines) is 1. The number of nitrogens with one attached hydrogen (secondary N) is 1. The van der Waals surface area contributed by atoms with Gasteiger partial charge in [0.1, 0.15) is 37.2 Å². The highest BCUT2D eigenvalue weighted by molar-refractivity contribution is 6.32. The van der Waals surface area contributed by atoms with Crippen LogP contribution in [0.1, 0.15) is 18.5 Å². The van der Waals surface area contributed by atoms with Gasteiger partial charge in [-0.1, -0.05) is 17.7 Å². The molecule has 1 aliphatic heterocycles. The van der Waals surface area contributed by atoms with Crippen molar-refractivity contribution in [2.24, 2.45) is 0 Å². The number of piperidine rings is 1. The summed E-state index contributed by atoms with van der Waals surface area (Å²) >= 11 is 6.50. The number of ether oxygens (including phenoxy) is 3. The molecule has 202 valence electrons. The van der Waals surface area contributed by atoms with E-state index < -0.39 is 6.61 Å². The van der Waals surface area contributed by atoms with Crippen molar-refractivity contribution in [2.45, 2.75) is 25.6 Å². The van der Waals surface area contributed by atoms with Crippen LogP contribution < -0.4 is 19.5 Å². The van der Waals surface area contributed by atoms with Crippen molar-refractivity contribution in [3.63, 3.8) is 0 Å². The summed E-state index contributed by atoms with van der Waals surface area (Å²) in [6.07, 6.45) is 4.39. The van der Waals surface area contributed by atoms with Crippen molar-refractivity contribution >= 4 is 39.9 Å². The van der Waals surface area contributed by atoms with E-state index in [0.717, 1.165) is 16.8 Å². The fourth-order valence-corrected chi connectivity index (χ4v) is 4.62. The quantitative estimate of drug-likeness (QED) is 0.313. The van der Waals surface area contributed by atoms with Crippen LogP contribution in [0.15, 0.2) is 61.1 Å². The monoisotopic (exact) mass is 549 g/mol. The van der Waals surface area contributed by atoms with Gasteiger partial charge < -0.3 is 29.5 Å². The Labute approximate surface area is 230 Å². The number of halogens is 1. The van der Waals surface area contributed by atoms with Crippen LogP contribution in [0.5, 0.6) is 17.2 Å². The smallest absolute Gasteiger partial charge is 0.248 e. The van der Waals surface area contributed by atoms with Crippen LogP contribution >= 0.6 is 11.6 Å². The third kappa shape index (κ3) is 6.30. The lowest BCUT2D eigenvalue weighted by atomic mass is 10.1. The van der Waals surface area contributed by atoms with Gasteiger partial charge >= 0.3 is 0 Å². The molecule has 11 heteroatoms. The summed E-state index contributed by atoms with van der Waals surface area (Å²) in [4.78, 5) is 26.5. The minimum absolute atomic E-state index is 0.0995. The molecule has 1 aliphatic rings. The first-order valence-electron chi connectivity index (χ1n) is 12.5. The number of benzene rings is 2. The summed E-state index contributed by atoms with van der Waals surface area (Å²) in [6.45, 7) is 0.883. The third-order valence-corrected chi connectivity index (χ3v) is 6.74. The van der Waals surface area contributed by atoms with Gasteiger partial charge in [-0.2, -0.15) is 0 Å². The Morgan fingerprint density at radius 1 is 1.08 bits per heavy atom. The molecule has 2 aromatic heterocycles. The van der Waals surface area contributed by atoms with Gasteiger partial charge in [-0.25, -0.2) is 9.97 Å². The van der Waals surface area contributed by atoms with Crippen LogP contribution in [-0.4, -0.2) is 63.8 Å². The summed E-state index contributed by atoms with van der Waals surface area (Å²) in [5.74, 6) is 1.98. The lowest BCUT2D eigenvalue weighted by Gasteiger charge is -2.32. The van der Waals surface area contributed by atoms with E-state index in [9.17, 15) is 4.79 Å². The van der Waals surface area contributed by atoms with Gasteiger partial charge in [-0.15, -0.1) is 0 Å². The Balaban J connectivity index is 1.33. The van der Waals surface area contributed by atoms with Crippen LogP contribution in [0.4, 0.5) is 11.5 Å². The lowest BCUT2D eigenvalue weighted by Crippen LogP contribution is -2.42. The molecule has 1 amide bonds. The molecule has 0 bridgehead atoms. The number of amides is 1. The zero-order valence-corrected chi connectivity index (χ0v) is 22.1. The molecule has 10 nitrogen and oxygen atoms in total. The second kappa shape index (κ2) is 12.1. The predicted octanol–water partition coefficient (Wildman–Crippen LogP) is 4.37. The number of hydrogen-bond acceptors (Lipinski definition) is 9. The van der Waals surface area contributed by atoms with Gasteiger partial charge in [0.05, 0.1) is 23.3 Å². The molecule has 0 spiro atoms. The topological polar surface area (TPSA) is 119 Å². The van der Waals surface area contributed by atoms with Crippen LogP contribution in [0.2, 0.25) is 5.02 Å². The van der Waals surface area contributed by atoms with Crippen molar-refractivity contribution < 1.29 is 24.1 Å². The molecule has 2 aromatic carbocycles. The fraction of sp³-hybridized carbons (Fsp3) is 0.286. The first-order valence-corrected chi connectivity index (χ1v) is 12.9. The number of carbonyl (C=O) groups excluding carboxylic acids is 1. The zero-order chi connectivity index (χ0) is 27.2. The fourth-order valence-electron chi connectivity index (χ4n) is 4.39. The second-order valence-corrected chi connectivity index (χ2v) is 9.39. The summed E-state index contributed by atoms with van der Waals surface area (Å²) in [7, 11) is 1.58. The number of nitrogens with zero attached hydrogens (tertiary/aromatic N) is 4. The maximum atomic E-state index is 11.8. The predicted molar refractivity (Wildman–Crippen MR) is 147 cm³/mol. The van der Waals surface area contributed by atoms with Gasteiger partial charge in [0.25, 0.3) is 0 Å². The SMILES string of the molecule is COc1cc2ncnc(Nc3ccc(OCc4ccccn4)c(Cl)c3)c2cc1OC1CCN(C(=O)CO)CC1. The highest BCUT2D eigenvalue weighted by Crippen LogP contribution is 2.37. The number of aromatic nitrogens is 3. The van der Waals surface area contributed by atoms with Crippen LogP contribution in [0.3, 0.4) is 0 Å². The third-order valence-electron chi connectivity index (χ3n) is 6.44. The largest absolute Gasteiger partial charge is 0.493 e. The molecular weight excluding hydrogens is 522 g/mol. The van der Waals surface area contributed by atoms with E-state index in [0.29, 0.717) is 66.1 Å². The molecule has 0 radical (unpaired) electrons. The highest BCUT2D eigenvalue weighted by Gasteiger charge is 2.25. The molecule has 2 N–H and O–H groups in total. The first-order chi connectivity index (χ1) is 19.0. The molecule has 4 aromatic rings. The standard InChI is InChI=1S/C28H28ClN5O5/c1-37-25-14-23-21(13-26(25)39-20-7-10-34(11-8-20)27(36)15-35)28(32-17-31-23)33-18-5-6-24(22(29)12-18)38-16-19-4-2-3-9-30-19/h2-6,9,12-14,17,20,35H,7-8,10-11,15-16H2,1H3,(H,31,32,33). The number of aliphatic hydroxyl groups is 1. The first kappa shape index (κ1) is 26.5. The molecule has 3 heterocycles. The van der Waals surface area contributed by atoms with E-state index in [1.807, 2.05) is 36.4 Å². The number of rotatable bonds is 9. The molecule has 39 heavy (non-hydrogen) atoms. The number of methoxy groups -OCH3 is 1. The molecule has 0 unspecified atom stereocenters. The van der Waals surface area contributed by atoms with E-state index in [-0.39, 0.29) is 12.0 Å². The molecule has 0 saturated carbocycles. The number of aliphatic hydroxyl groups excluding tert-OH is 1. The molecule has 0 aliphatic carbocycles. The minimum Gasteiger partial charge on any atom is -0.493 e. The number of fused-ring (bicyclic) bond motifs is 1. The average molecular weight is 550 g/mol. The number of carbonyl (C=O) groups is 1. The van der Waals surface area contributed by atoms with Crippen molar-refractivity contribution in [1.29, 1.82) is 0 Å². The van der Waals surface area contributed by atoms with E-state index in [2.05, 4.69) is 20.3 Å². The number of hydrogen-bond donors (Lipinski definition) is 2. The summed E-state index contributed by atoms with van der Waals surface area (Å²) in [5.41, 5.74) is 2.21. The maximum absolute atomic E-state index is 11.8. The Morgan fingerprint density at radius 3 is 2.64 bits per heavy atom. The van der Waals surface area contributed by atoms with E-state index in [1.165, 1.54) is 6.33 Å². The van der Waals surface area contributed by atoms with Crippen molar-refractivity contribution in [2.75, 3.05) is 32.1 Å². The lowest BCUT2D eigenvalue weighted by molar-refractivity contribution is -0.135. The Hall–Kier alpha value is -4.15. The van der Waals surface area contributed by atoms with Gasteiger partial charge in [-0.3, -0.25) is 9.78 Å². The maximum Gasteiger partial charge on any atom is 0.248 e. The average Bonchev–Trinajstić information content (AvgIpc) is 2.97. The van der Waals surface area contributed by atoms with Gasteiger partial charge in [0.2, 0.25) is 5.91 Å². The van der Waals surface area contributed by atoms with E-state index in [4.69, 9.17) is 30.9 Å². The Kier molecular flexibility index (Phi) is 8.24. The molecular formula is C28H28ClN5O5. The summed E-state index contributed by atoms with van der Waals surface area (Å²) < 4.78 is 17.7. The highest BCUT2D eigenvalue weighted by atomic mass is 35.5. The number of anilines is 2. The van der Waals surface area contributed by atoms with Crippen molar-refractivity contribution in [1.82, 2.24) is 19.9 Å². The Morgan fingerprint density at radius 2 is 1.92 bits per heavy atom. The summed E-state index contributed by atoms with van der Waals surface area (Å²) in [5, 5.41) is 13.6. The van der Waals surface area contributed by atoms with Crippen LogP contribution in [-0.2, 0) is 11.4 Å². The molecule has 1 saturated heterocycles. The van der Waals surface area contributed by atoms with Crippen LogP contribution in [0, 0.1) is 0 Å². The van der Waals surface area contributed by atoms with Gasteiger partial charge in [-0.05, 0) is 36.4 Å². The minimum atomic E-state index is -0.480. The van der Waals surface area contributed by atoms with Crippen molar-refractivity contribution in [3.8, 4) is 17.2 Å². The summed E-state index contributed by atoms with van der Waals surface area (Å²) in [6, 6.07) is 14.7. The van der Waals surface area contributed by atoms with Gasteiger partial charge in [0.15, 0.2) is 11.5 Å². The number of pyridine rings is 1. The van der Waals surface area contributed by atoms with E-state index in [1.54, 1.807) is 30.3 Å². The zero-order valence-electron chi connectivity index (χ0n) is 21.3. The van der Waals surface area contributed by atoms with Crippen molar-refractivity contribution in [3.05, 3.63) is 71.8 Å². The second-order valence-electron chi connectivity index (χ2n) is 8.98.